The van der Waals surface area contributed by atoms with E-state index in [0.29, 0.717) is 0 Å². The molecule has 0 aliphatic carbocycles. The van der Waals surface area contributed by atoms with E-state index in [0.717, 1.165) is 22.8 Å². The summed E-state index contributed by atoms with van der Waals surface area (Å²) in [4.78, 5) is 19.3. The second-order valence-electron chi connectivity index (χ2n) is 8.26. The highest BCUT2D eigenvalue weighted by atomic mass is 127. The Kier molecular flexibility index (Phi) is 7.79. The molecule has 37 heavy (non-hydrogen) atoms. The van der Waals surface area contributed by atoms with Crippen molar-refractivity contribution >= 4 is 28.6 Å². The second-order valence-corrected chi connectivity index (χ2v) is 10.2. The Balaban J connectivity index is 1.57. The molecule has 0 radical (unpaired) electrons. The zero-order valence-electron chi connectivity index (χ0n) is 19.2. The van der Waals surface area contributed by atoms with Gasteiger partial charge in [0.25, 0.3) is 0 Å². The van der Waals surface area contributed by atoms with Gasteiger partial charge in [0.1, 0.15) is 15.9 Å². The highest BCUT2D eigenvalue weighted by molar-refractivity contribution is 14.1. The number of hydrogen-bond donors (Lipinski definition) is 2. The summed E-state index contributed by atoms with van der Waals surface area (Å²) in [5.74, 6) is -1.46. The molecule has 1 aromatic heterocycles. The van der Waals surface area contributed by atoms with E-state index in [2.05, 4.69) is 9.97 Å². The number of halogens is 4. The lowest BCUT2D eigenvalue weighted by atomic mass is 10.0. The number of aliphatic carboxylic acids is 1. The lowest BCUT2D eigenvalue weighted by Gasteiger charge is -2.19. The number of benzene rings is 3. The normalized spacial score (nSPS) is 13.1. The molecule has 3 N–H and O–H groups in total. The predicted molar refractivity (Wildman–Crippen MR) is 141 cm³/mol. The minimum atomic E-state index is -4.68. The number of carboxylic acid groups (broad SMARTS) is 1. The maximum Gasteiger partial charge on any atom is 0.419 e. The Morgan fingerprint density at radius 1 is 0.946 bits per heavy atom. The van der Waals surface area contributed by atoms with E-state index in [1.165, 1.54) is 24.4 Å². The molecule has 0 fully saturated rings. The molecule has 1 heterocycles. The first-order valence-corrected chi connectivity index (χ1v) is 12.1. The van der Waals surface area contributed by atoms with E-state index in [1.807, 2.05) is 54.6 Å². The molecular formula is C27H21F3IN3O3. The van der Waals surface area contributed by atoms with Crippen molar-refractivity contribution in [2.24, 2.45) is 5.73 Å². The van der Waals surface area contributed by atoms with Gasteiger partial charge in [-0.2, -0.15) is 13.2 Å². The van der Waals surface area contributed by atoms with Gasteiger partial charge in [-0.1, -0.05) is 77.2 Å². The molecule has 10 heteroatoms. The summed E-state index contributed by atoms with van der Waals surface area (Å²) in [6.07, 6.45) is -3.80. The SMILES string of the molecule is N[C@@](I)(CC(=O)O)c1nccc(-c2ccc(OCc3ccc(-c4ccccc4)cc3)c(C(F)(F)F)c2)n1. The molecule has 4 aromatic rings. The number of ether oxygens (including phenoxy) is 1. The van der Waals surface area contributed by atoms with Crippen molar-refractivity contribution in [1.29, 1.82) is 0 Å². The van der Waals surface area contributed by atoms with Crippen molar-refractivity contribution in [1.82, 2.24) is 9.97 Å². The molecule has 6 nitrogen and oxygen atoms in total. The van der Waals surface area contributed by atoms with Crippen LogP contribution in [0.25, 0.3) is 22.4 Å². The Hall–Kier alpha value is -3.51. The van der Waals surface area contributed by atoms with Crippen LogP contribution in [0.15, 0.2) is 85.1 Å². The summed E-state index contributed by atoms with van der Waals surface area (Å²) in [6.45, 7) is -0.0468. The van der Waals surface area contributed by atoms with E-state index < -0.39 is 27.7 Å². The summed E-state index contributed by atoms with van der Waals surface area (Å²) in [7, 11) is 0. The highest BCUT2D eigenvalue weighted by Gasteiger charge is 2.35. The van der Waals surface area contributed by atoms with Crippen LogP contribution in [0.4, 0.5) is 13.2 Å². The summed E-state index contributed by atoms with van der Waals surface area (Å²) in [5, 5.41) is 9.07. The standard InChI is InChI=1S/C27H21F3IN3O3/c28-27(29,30)21-14-20(22-12-13-33-25(34-22)26(31,32)15-24(35)36)10-11-23(21)37-16-17-6-8-19(9-7-17)18-4-2-1-3-5-18/h1-14H,15-16,32H2,(H,35,36)/t26-/m0/s1. The van der Waals surface area contributed by atoms with Gasteiger partial charge in [0.15, 0.2) is 5.82 Å². The Labute approximate surface area is 224 Å². The molecule has 0 aliphatic heterocycles. The van der Waals surface area contributed by atoms with Crippen LogP contribution in [-0.4, -0.2) is 21.0 Å². The van der Waals surface area contributed by atoms with Crippen LogP contribution in [-0.2, 0) is 21.1 Å². The van der Waals surface area contributed by atoms with E-state index in [9.17, 15) is 18.0 Å². The fraction of sp³-hybridized carbons (Fsp3) is 0.148. The van der Waals surface area contributed by atoms with Gasteiger partial charge in [-0.25, -0.2) is 9.97 Å². The number of hydrogen-bond acceptors (Lipinski definition) is 5. The lowest BCUT2D eigenvalue weighted by Crippen LogP contribution is -2.34. The Morgan fingerprint density at radius 2 is 1.59 bits per heavy atom. The van der Waals surface area contributed by atoms with Crippen molar-refractivity contribution in [3.63, 3.8) is 0 Å². The van der Waals surface area contributed by atoms with Crippen LogP contribution in [0.5, 0.6) is 5.75 Å². The van der Waals surface area contributed by atoms with Crippen LogP contribution in [0.2, 0.25) is 0 Å². The van der Waals surface area contributed by atoms with Crippen molar-refractivity contribution < 1.29 is 27.8 Å². The number of aromatic nitrogens is 2. The molecule has 0 aliphatic rings. The van der Waals surface area contributed by atoms with Gasteiger partial charge < -0.3 is 15.6 Å². The van der Waals surface area contributed by atoms with Gasteiger partial charge in [-0.05, 0) is 41.0 Å². The summed E-state index contributed by atoms with van der Waals surface area (Å²) in [5.41, 5.74) is 8.16. The fourth-order valence-corrected chi connectivity index (χ4v) is 4.23. The summed E-state index contributed by atoms with van der Waals surface area (Å²) in [6, 6.07) is 22.2. The van der Waals surface area contributed by atoms with Crippen molar-refractivity contribution in [3.8, 4) is 28.1 Å². The lowest BCUT2D eigenvalue weighted by molar-refractivity contribution is -0.139. The molecule has 0 unspecified atom stereocenters. The highest BCUT2D eigenvalue weighted by Crippen LogP contribution is 2.39. The second kappa shape index (κ2) is 10.9. The number of carbonyl (C=O) groups is 1. The van der Waals surface area contributed by atoms with E-state index in [4.69, 9.17) is 15.6 Å². The van der Waals surface area contributed by atoms with Crippen LogP contribution in [0.3, 0.4) is 0 Å². The van der Waals surface area contributed by atoms with Gasteiger partial charge >= 0.3 is 12.1 Å². The zero-order chi connectivity index (χ0) is 26.6. The third kappa shape index (κ3) is 6.63. The number of rotatable bonds is 8. The number of alkyl halides is 4. The topological polar surface area (TPSA) is 98.3 Å². The smallest absolute Gasteiger partial charge is 0.419 e. The summed E-state index contributed by atoms with van der Waals surface area (Å²) < 4.78 is 45.9. The van der Waals surface area contributed by atoms with Crippen LogP contribution >= 0.6 is 22.6 Å². The third-order valence-corrected chi connectivity index (χ3v) is 6.34. The minimum absolute atomic E-state index is 0.000773. The first kappa shape index (κ1) is 26.6. The number of nitrogens with zero attached hydrogens (tertiary/aromatic N) is 2. The Morgan fingerprint density at radius 3 is 2.24 bits per heavy atom. The van der Waals surface area contributed by atoms with Crippen molar-refractivity contribution in [2.45, 2.75) is 22.7 Å². The van der Waals surface area contributed by atoms with Crippen LogP contribution in [0, 0.1) is 0 Å². The fourth-order valence-electron chi connectivity index (χ4n) is 3.64. The molecule has 3 aromatic carbocycles. The third-order valence-electron chi connectivity index (χ3n) is 5.47. The number of carboxylic acids is 1. The van der Waals surface area contributed by atoms with E-state index in [-0.39, 0.29) is 29.4 Å². The molecule has 0 spiro atoms. The first-order valence-electron chi connectivity index (χ1n) is 11.0. The number of nitrogens with two attached hydrogens (primary N) is 1. The quantitative estimate of drug-likeness (QED) is 0.134. The molecular weight excluding hydrogens is 598 g/mol. The van der Waals surface area contributed by atoms with Gasteiger partial charge in [0.05, 0.1) is 17.7 Å². The van der Waals surface area contributed by atoms with Gasteiger partial charge in [-0.3, -0.25) is 4.79 Å². The minimum Gasteiger partial charge on any atom is -0.488 e. The molecule has 4 rings (SSSR count). The maximum absolute atomic E-state index is 13.9. The van der Waals surface area contributed by atoms with Crippen LogP contribution < -0.4 is 10.5 Å². The Bertz CT molecular complexity index is 1400. The molecule has 0 saturated carbocycles. The van der Waals surface area contributed by atoms with E-state index in [1.54, 1.807) is 22.6 Å². The average molecular weight is 619 g/mol. The van der Waals surface area contributed by atoms with Crippen molar-refractivity contribution in [2.75, 3.05) is 0 Å². The largest absolute Gasteiger partial charge is 0.488 e. The van der Waals surface area contributed by atoms with Gasteiger partial charge in [0, 0.05) is 11.8 Å². The molecule has 0 bridgehead atoms. The molecule has 1 atom stereocenters. The monoisotopic (exact) mass is 619 g/mol. The van der Waals surface area contributed by atoms with E-state index >= 15 is 0 Å². The zero-order valence-corrected chi connectivity index (χ0v) is 21.4. The maximum atomic E-state index is 13.9. The summed E-state index contributed by atoms with van der Waals surface area (Å²) >= 11 is 1.71. The first-order chi connectivity index (χ1) is 17.5. The average Bonchev–Trinajstić information content (AvgIpc) is 2.87. The van der Waals surface area contributed by atoms with Crippen LogP contribution in [0.1, 0.15) is 23.4 Å². The van der Waals surface area contributed by atoms with Gasteiger partial charge in [-0.15, -0.1) is 0 Å². The van der Waals surface area contributed by atoms with Gasteiger partial charge in [0.2, 0.25) is 0 Å². The molecule has 0 amide bonds. The predicted octanol–water partition coefficient (Wildman–Crippen LogP) is 6.43. The van der Waals surface area contributed by atoms with Crippen molar-refractivity contribution in [3.05, 3.63) is 102 Å². The molecule has 190 valence electrons. The molecule has 0 saturated heterocycles.